The van der Waals surface area contributed by atoms with E-state index in [4.69, 9.17) is 14.8 Å². The first-order valence-electron chi connectivity index (χ1n) is 17.3. The molecule has 0 aromatic carbocycles. The molecule has 44 heavy (non-hydrogen) atoms. The van der Waals surface area contributed by atoms with Crippen molar-refractivity contribution >= 4 is 13.7 Å². The molecule has 0 aliphatic rings. The molecule has 0 saturated heterocycles. The predicted molar refractivity (Wildman–Crippen MR) is 184 cm³/mol. The number of aliphatic hydroxyl groups is 1. The molecule has 3 unspecified atom stereocenters. The maximum atomic E-state index is 12.6. The second kappa shape index (κ2) is 31.4. The van der Waals surface area contributed by atoms with Crippen molar-refractivity contribution in [3.63, 3.8) is 0 Å². The van der Waals surface area contributed by atoms with Crippen molar-refractivity contribution < 1.29 is 28.4 Å². The molecule has 0 saturated carbocycles. The van der Waals surface area contributed by atoms with Gasteiger partial charge in [-0.05, 0) is 57.8 Å². The third-order valence-corrected chi connectivity index (χ3v) is 8.11. The zero-order chi connectivity index (χ0) is 32.6. The van der Waals surface area contributed by atoms with Gasteiger partial charge in [-0.25, -0.2) is 4.57 Å². The van der Waals surface area contributed by atoms with E-state index in [1.165, 1.54) is 51.4 Å². The first-order valence-corrected chi connectivity index (χ1v) is 18.8. The fourth-order valence-electron chi connectivity index (χ4n) is 4.45. The molecular weight excluding hydrogens is 575 g/mol. The van der Waals surface area contributed by atoms with Crippen molar-refractivity contribution in [2.45, 2.75) is 148 Å². The number of nitrogens with one attached hydrogen (secondary N) is 1. The summed E-state index contributed by atoms with van der Waals surface area (Å²) in [4.78, 5) is 22.5. The Bertz CT molecular complexity index is 830. The van der Waals surface area contributed by atoms with Crippen LogP contribution in [-0.4, -0.2) is 47.8 Å². The monoisotopic (exact) mass is 640 g/mol. The minimum absolute atomic E-state index is 0.0697. The highest BCUT2D eigenvalue weighted by Crippen LogP contribution is 2.43. The van der Waals surface area contributed by atoms with Crippen molar-refractivity contribution in [3.8, 4) is 0 Å². The van der Waals surface area contributed by atoms with E-state index in [1.807, 2.05) is 6.08 Å². The standard InChI is InChI=1S/C35H65N2O6P/c1-3-5-7-9-11-13-15-16-17-19-21-23-25-27-29-35(39)37-33(32-43-44(40,41)42-31-30-36)34(38)28-26-24-22-20-18-14-12-10-8-6-4-2/h9,11,15-16,18,20,26,28,33-34,38H,3-8,10,12-14,17,19,21-25,27,29-32,36H2,1-2H3,(H,37,39)(H,40,41)/b11-9-,16-15-,20-18+,28-26+. The maximum absolute atomic E-state index is 12.6. The Kier molecular flexibility index (Phi) is 30.3. The summed E-state index contributed by atoms with van der Waals surface area (Å²) in [6, 6.07) is -0.882. The summed E-state index contributed by atoms with van der Waals surface area (Å²) < 4.78 is 21.9. The number of carbonyl (C=O) groups is 1. The van der Waals surface area contributed by atoms with E-state index in [0.717, 1.165) is 64.2 Å². The van der Waals surface area contributed by atoms with Gasteiger partial charge in [0.15, 0.2) is 0 Å². The van der Waals surface area contributed by atoms with Gasteiger partial charge in [-0.2, -0.15) is 0 Å². The van der Waals surface area contributed by atoms with Crippen LogP contribution in [-0.2, 0) is 18.4 Å². The predicted octanol–water partition coefficient (Wildman–Crippen LogP) is 8.60. The van der Waals surface area contributed by atoms with Gasteiger partial charge in [0.1, 0.15) is 0 Å². The lowest BCUT2D eigenvalue weighted by molar-refractivity contribution is -0.123. The van der Waals surface area contributed by atoms with Gasteiger partial charge >= 0.3 is 7.82 Å². The fourth-order valence-corrected chi connectivity index (χ4v) is 5.21. The Morgan fingerprint density at radius 1 is 0.750 bits per heavy atom. The zero-order valence-electron chi connectivity index (χ0n) is 27.9. The Hall–Kier alpha value is -1.54. The van der Waals surface area contributed by atoms with Gasteiger partial charge < -0.3 is 21.1 Å². The van der Waals surface area contributed by atoms with Crippen molar-refractivity contribution in [2.24, 2.45) is 5.73 Å². The third kappa shape index (κ3) is 29.2. The highest BCUT2D eigenvalue weighted by atomic mass is 31.2. The van der Waals surface area contributed by atoms with Gasteiger partial charge in [0, 0.05) is 13.0 Å². The highest BCUT2D eigenvalue weighted by Gasteiger charge is 2.26. The number of amides is 1. The lowest BCUT2D eigenvalue weighted by Crippen LogP contribution is -2.45. The SMILES string of the molecule is CCCC/C=C\C/C=C\CCCCCCCC(=O)NC(COP(=O)(O)OCCN)C(O)/C=C/CC/C=C/CCCCCCC. The van der Waals surface area contributed by atoms with Crippen LogP contribution in [0.4, 0.5) is 0 Å². The van der Waals surface area contributed by atoms with E-state index in [-0.39, 0.29) is 25.7 Å². The molecule has 0 aliphatic carbocycles. The number of unbranched alkanes of at least 4 members (excludes halogenated alkanes) is 13. The van der Waals surface area contributed by atoms with Crippen molar-refractivity contribution in [2.75, 3.05) is 19.8 Å². The Morgan fingerprint density at radius 3 is 1.95 bits per heavy atom. The fraction of sp³-hybridized carbons (Fsp3) is 0.743. The largest absolute Gasteiger partial charge is 0.472 e. The number of nitrogens with two attached hydrogens (primary N) is 1. The molecule has 256 valence electrons. The first-order chi connectivity index (χ1) is 21.4. The van der Waals surface area contributed by atoms with Gasteiger partial charge in [-0.3, -0.25) is 13.8 Å². The topological polar surface area (TPSA) is 131 Å². The summed E-state index contributed by atoms with van der Waals surface area (Å²) in [5.41, 5.74) is 5.33. The average Bonchev–Trinajstić information content (AvgIpc) is 3.01. The van der Waals surface area contributed by atoms with Crippen LogP contribution in [0.2, 0.25) is 0 Å². The second-order valence-electron chi connectivity index (χ2n) is 11.4. The Balaban J connectivity index is 4.46. The van der Waals surface area contributed by atoms with E-state index < -0.39 is 20.0 Å². The molecule has 1 amide bonds. The van der Waals surface area contributed by atoms with Crippen LogP contribution in [0.1, 0.15) is 136 Å². The van der Waals surface area contributed by atoms with Crippen LogP contribution in [0.3, 0.4) is 0 Å². The molecule has 0 heterocycles. The number of carbonyl (C=O) groups excluding carboxylic acids is 1. The second-order valence-corrected chi connectivity index (χ2v) is 12.8. The normalized spacial score (nSPS) is 15.1. The Labute approximate surface area is 269 Å². The first kappa shape index (κ1) is 42.5. The van der Waals surface area contributed by atoms with Crippen molar-refractivity contribution in [1.29, 1.82) is 0 Å². The van der Waals surface area contributed by atoms with E-state index in [9.17, 15) is 19.4 Å². The maximum Gasteiger partial charge on any atom is 0.472 e. The van der Waals surface area contributed by atoms with Gasteiger partial charge in [0.2, 0.25) is 5.91 Å². The van der Waals surface area contributed by atoms with E-state index in [0.29, 0.717) is 6.42 Å². The van der Waals surface area contributed by atoms with E-state index in [1.54, 1.807) is 6.08 Å². The van der Waals surface area contributed by atoms with Crippen LogP contribution in [0.5, 0.6) is 0 Å². The molecule has 5 N–H and O–H groups in total. The highest BCUT2D eigenvalue weighted by molar-refractivity contribution is 7.47. The summed E-state index contributed by atoms with van der Waals surface area (Å²) in [7, 11) is -4.34. The zero-order valence-corrected chi connectivity index (χ0v) is 28.8. The average molecular weight is 641 g/mol. The molecule has 8 nitrogen and oxygen atoms in total. The Morgan fingerprint density at radius 2 is 1.30 bits per heavy atom. The number of hydrogen-bond acceptors (Lipinski definition) is 6. The number of hydrogen-bond donors (Lipinski definition) is 4. The molecule has 0 aromatic heterocycles. The molecular formula is C35H65N2O6P. The van der Waals surface area contributed by atoms with Crippen LogP contribution in [0, 0.1) is 0 Å². The minimum atomic E-state index is -4.34. The summed E-state index contributed by atoms with van der Waals surface area (Å²) in [5, 5.41) is 13.5. The molecule has 3 atom stereocenters. The lowest BCUT2D eigenvalue weighted by atomic mass is 10.1. The van der Waals surface area contributed by atoms with Crippen LogP contribution in [0.15, 0.2) is 48.6 Å². The number of allylic oxidation sites excluding steroid dienone is 7. The lowest BCUT2D eigenvalue weighted by Gasteiger charge is -2.23. The molecule has 0 spiro atoms. The van der Waals surface area contributed by atoms with Gasteiger partial charge in [0.05, 0.1) is 25.4 Å². The summed E-state index contributed by atoms with van der Waals surface area (Å²) in [6.07, 6.45) is 35.8. The van der Waals surface area contributed by atoms with Gasteiger partial charge in [-0.15, -0.1) is 0 Å². The van der Waals surface area contributed by atoms with Gasteiger partial charge in [-0.1, -0.05) is 120 Å². The summed E-state index contributed by atoms with van der Waals surface area (Å²) in [5.74, 6) is -0.224. The summed E-state index contributed by atoms with van der Waals surface area (Å²) in [6.45, 7) is 4.00. The molecule has 0 radical (unpaired) electrons. The van der Waals surface area contributed by atoms with Crippen molar-refractivity contribution in [3.05, 3.63) is 48.6 Å². The molecule has 0 rings (SSSR count). The number of aliphatic hydroxyl groups excluding tert-OH is 1. The van der Waals surface area contributed by atoms with Crippen LogP contribution in [0.25, 0.3) is 0 Å². The van der Waals surface area contributed by atoms with E-state index in [2.05, 4.69) is 55.6 Å². The molecule has 0 aromatic rings. The van der Waals surface area contributed by atoms with E-state index >= 15 is 0 Å². The quantitative estimate of drug-likeness (QED) is 0.0339. The van der Waals surface area contributed by atoms with Gasteiger partial charge in [0.25, 0.3) is 0 Å². The smallest absolute Gasteiger partial charge is 0.387 e. The molecule has 0 aliphatic heterocycles. The summed E-state index contributed by atoms with van der Waals surface area (Å²) >= 11 is 0. The molecule has 9 heteroatoms. The number of rotatable bonds is 31. The van der Waals surface area contributed by atoms with Crippen LogP contribution >= 0.6 is 7.82 Å². The molecule has 0 fully saturated rings. The van der Waals surface area contributed by atoms with Crippen LogP contribution < -0.4 is 11.1 Å². The third-order valence-electron chi connectivity index (χ3n) is 7.13. The minimum Gasteiger partial charge on any atom is -0.387 e. The van der Waals surface area contributed by atoms with Crippen molar-refractivity contribution in [1.82, 2.24) is 5.32 Å². The number of phosphoric acid groups is 1. The number of phosphoric ester groups is 1. The molecule has 0 bridgehead atoms.